The number of rotatable bonds is 2. The molecule has 0 amide bonds. The van der Waals surface area contributed by atoms with E-state index in [1.54, 1.807) is 25.6 Å². The molecule has 1 aliphatic rings. The largest absolute Gasteiger partial charge is 0.497 e. The summed E-state index contributed by atoms with van der Waals surface area (Å²) < 4.78 is 5.14. The minimum Gasteiger partial charge on any atom is -0.497 e. The lowest BCUT2D eigenvalue weighted by Crippen LogP contribution is -2.22. The van der Waals surface area contributed by atoms with Crippen LogP contribution in [0, 0.1) is 0 Å². The van der Waals surface area contributed by atoms with E-state index in [0.717, 1.165) is 22.6 Å². The number of benzene rings is 1. The maximum atomic E-state index is 12.1. The smallest absolute Gasteiger partial charge is 0.167 e. The van der Waals surface area contributed by atoms with Crippen molar-refractivity contribution in [3.8, 4) is 5.75 Å². The van der Waals surface area contributed by atoms with Gasteiger partial charge in [0.25, 0.3) is 0 Å². The molecule has 0 aliphatic carbocycles. The zero-order valence-corrected chi connectivity index (χ0v) is 10.6. The zero-order chi connectivity index (χ0) is 13.2. The number of fused-ring (bicyclic) bond motifs is 1. The van der Waals surface area contributed by atoms with Gasteiger partial charge in [0.2, 0.25) is 0 Å². The number of hydrogen-bond donors (Lipinski definition) is 1. The summed E-state index contributed by atoms with van der Waals surface area (Å²) in [6.45, 7) is 0. The number of Topliss-reactive ketones (excluding diaryl/α,β-unsaturated/α-hetero) is 1. The lowest BCUT2D eigenvalue weighted by molar-refractivity contribution is 0.0972. The minimum atomic E-state index is -0.00453. The van der Waals surface area contributed by atoms with Crippen molar-refractivity contribution < 1.29 is 9.53 Å². The van der Waals surface area contributed by atoms with Crippen LogP contribution in [-0.2, 0) is 0 Å². The minimum absolute atomic E-state index is 0.00453. The number of ketones is 1. The van der Waals surface area contributed by atoms with Gasteiger partial charge < -0.3 is 10.1 Å². The molecule has 0 spiro atoms. The fourth-order valence-corrected chi connectivity index (χ4v) is 2.32. The highest BCUT2D eigenvalue weighted by molar-refractivity contribution is 6.03. The molecule has 0 saturated carbocycles. The molecule has 1 aromatic carbocycles. The molecule has 1 unspecified atom stereocenters. The van der Waals surface area contributed by atoms with E-state index in [2.05, 4.69) is 10.3 Å². The van der Waals surface area contributed by atoms with Crippen LogP contribution in [0.4, 0.5) is 5.69 Å². The maximum absolute atomic E-state index is 12.1. The summed E-state index contributed by atoms with van der Waals surface area (Å²) in [6.07, 6.45) is 3.80. The molecule has 0 radical (unpaired) electrons. The first-order valence-corrected chi connectivity index (χ1v) is 6.15. The van der Waals surface area contributed by atoms with Gasteiger partial charge >= 0.3 is 0 Å². The SMILES string of the molecule is COc1ccc(C2CC(=O)c3ccncc3N2)cc1. The third kappa shape index (κ3) is 2.17. The number of aromatic nitrogens is 1. The van der Waals surface area contributed by atoms with Gasteiger partial charge in [-0.2, -0.15) is 0 Å². The van der Waals surface area contributed by atoms with Gasteiger partial charge in [-0.3, -0.25) is 9.78 Å². The number of nitrogens with zero attached hydrogens (tertiary/aromatic N) is 1. The first kappa shape index (κ1) is 11.7. The van der Waals surface area contributed by atoms with Crippen LogP contribution in [0.1, 0.15) is 28.4 Å². The van der Waals surface area contributed by atoms with E-state index in [1.807, 2.05) is 24.3 Å². The summed E-state index contributed by atoms with van der Waals surface area (Å²) in [5, 5.41) is 3.36. The Morgan fingerprint density at radius 1 is 1.26 bits per heavy atom. The number of nitrogens with one attached hydrogen (secondary N) is 1. The normalized spacial score (nSPS) is 17.5. The summed E-state index contributed by atoms with van der Waals surface area (Å²) >= 11 is 0. The molecule has 4 nitrogen and oxygen atoms in total. The Bertz CT molecular complexity index is 608. The summed E-state index contributed by atoms with van der Waals surface area (Å²) in [7, 11) is 1.64. The maximum Gasteiger partial charge on any atom is 0.167 e. The second-order valence-corrected chi connectivity index (χ2v) is 4.52. The van der Waals surface area contributed by atoms with Gasteiger partial charge in [-0.05, 0) is 23.8 Å². The Morgan fingerprint density at radius 3 is 2.79 bits per heavy atom. The lowest BCUT2D eigenvalue weighted by Gasteiger charge is -2.26. The summed E-state index contributed by atoms with van der Waals surface area (Å²) in [4.78, 5) is 16.2. The molecule has 0 fully saturated rings. The molecule has 19 heavy (non-hydrogen) atoms. The van der Waals surface area contributed by atoms with Crippen LogP contribution in [0.2, 0.25) is 0 Å². The number of methoxy groups -OCH3 is 1. The Hall–Kier alpha value is -2.36. The van der Waals surface area contributed by atoms with Gasteiger partial charge in [-0.25, -0.2) is 0 Å². The van der Waals surface area contributed by atoms with Gasteiger partial charge in [0, 0.05) is 18.2 Å². The topological polar surface area (TPSA) is 51.2 Å². The highest BCUT2D eigenvalue weighted by Crippen LogP contribution is 2.32. The summed E-state index contributed by atoms with van der Waals surface area (Å²) in [5.41, 5.74) is 2.60. The highest BCUT2D eigenvalue weighted by Gasteiger charge is 2.25. The zero-order valence-electron chi connectivity index (χ0n) is 10.6. The van der Waals surface area contributed by atoms with Crippen LogP contribution in [0.5, 0.6) is 5.75 Å². The molecular weight excluding hydrogens is 240 g/mol. The second kappa shape index (κ2) is 4.72. The molecule has 96 valence electrons. The summed E-state index contributed by atoms with van der Waals surface area (Å²) in [6, 6.07) is 9.52. The Morgan fingerprint density at radius 2 is 2.05 bits per heavy atom. The fraction of sp³-hybridized carbons (Fsp3) is 0.200. The Balaban J connectivity index is 1.90. The molecule has 2 aromatic rings. The summed E-state index contributed by atoms with van der Waals surface area (Å²) in [5.74, 6) is 0.963. The van der Waals surface area contributed by atoms with Crippen molar-refractivity contribution in [2.75, 3.05) is 12.4 Å². The van der Waals surface area contributed by atoms with Crippen LogP contribution >= 0.6 is 0 Å². The fourth-order valence-electron chi connectivity index (χ4n) is 2.32. The quantitative estimate of drug-likeness (QED) is 0.895. The van der Waals surface area contributed by atoms with Gasteiger partial charge in [0.15, 0.2) is 5.78 Å². The van der Waals surface area contributed by atoms with E-state index in [0.29, 0.717) is 6.42 Å². The van der Waals surface area contributed by atoms with Crippen LogP contribution < -0.4 is 10.1 Å². The van der Waals surface area contributed by atoms with Crippen molar-refractivity contribution in [3.05, 3.63) is 53.9 Å². The molecule has 0 saturated heterocycles. The molecule has 1 aromatic heterocycles. The predicted octanol–water partition coefficient (Wildman–Crippen LogP) is 2.83. The van der Waals surface area contributed by atoms with E-state index < -0.39 is 0 Å². The standard InChI is InChI=1S/C15H14N2O2/c1-19-11-4-2-10(3-5-11)13-8-15(18)12-6-7-16-9-14(12)17-13/h2-7,9,13,17H,8H2,1H3. The number of ether oxygens (including phenoxy) is 1. The molecule has 4 heteroatoms. The lowest BCUT2D eigenvalue weighted by atomic mass is 9.93. The first-order valence-electron chi connectivity index (χ1n) is 6.15. The molecule has 0 bridgehead atoms. The van der Waals surface area contributed by atoms with Crippen molar-refractivity contribution in [2.45, 2.75) is 12.5 Å². The van der Waals surface area contributed by atoms with Gasteiger partial charge in [0.05, 0.1) is 25.0 Å². The average Bonchev–Trinajstić information content (AvgIpc) is 2.47. The number of hydrogen-bond acceptors (Lipinski definition) is 4. The van der Waals surface area contributed by atoms with Gasteiger partial charge in [-0.1, -0.05) is 12.1 Å². The second-order valence-electron chi connectivity index (χ2n) is 4.52. The van der Waals surface area contributed by atoms with E-state index in [9.17, 15) is 4.79 Å². The molecule has 2 heterocycles. The first-order chi connectivity index (χ1) is 9.28. The van der Waals surface area contributed by atoms with Crippen molar-refractivity contribution in [3.63, 3.8) is 0 Å². The average molecular weight is 254 g/mol. The Labute approximate surface area is 111 Å². The monoisotopic (exact) mass is 254 g/mol. The predicted molar refractivity (Wildman–Crippen MR) is 72.5 cm³/mol. The number of anilines is 1. The van der Waals surface area contributed by atoms with E-state index in [-0.39, 0.29) is 11.8 Å². The third-order valence-electron chi connectivity index (χ3n) is 3.36. The van der Waals surface area contributed by atoms with Gasteiger partial charge in [-0.15, -0.1) is 0 Å². The molecule has 1 N–H and O–H groups in total. The van der Waals surface area contributed by atoms with Crippen LogP contribution in [0.15, 0.2) is 42.7 Å². The number of carbonyl (C=O) groups is 1. The van der Waals surface area contributed by atoms with E-state index >= 15 is 0 Å². The van der Waals surface area contributed by atoms with Crippen LogP contribution in [-0.4, -0.2) is 17.9 Å². The molecule has 3 rings (SSSR count). The molecule has 1 atom stereocenters. The van der Waals surface area contributed by atoms with E-state index in [4.69, 9.17) is 4.74 Å². The molecular formula is C15H14N2O2. The Kier molecular flexibility index (Phi) is 2.91. The van der Waals surface area contributed by atoms with Gasteiger partial charge in [0.1, 0.15) is 5.75 Å². The van der Waals surface area contributed by atoms with Crippen molar-refractivity contribution in [1.29, 1.82) is 0 Å². The van der Waals surface area contributed by atoms with Crippen molar-refractivity contribution in [2.24, 2.45) is 0 Å². The third-order valence-corrected chi connectivity index (χ3v) is 3.36. The molecule has 1 aliphatic heterocycles. The van der Waals surface area contributed by atoms with Crippen molar-refractivity contribution >= 4 is 11.5 Å². The van der Waals surface area contributed by atoms with Crippen LogP contribution in [0.3, 0.4) is 0 Å². The highest BCUT2D eigenvalue weighted by atomic mass is 16.5. The van der Waals surface area contributed by atoms with E-state index in [1.165, 1.54) is 0 Å². The number of pyridine rings is 1. The van der Waals surface area contributed by atoms with Crippen LogP contribution in [0.25, 0.3) is 0 Å². The van der Waals surface area contributed by atoms with Crippen molar-refractivity contribution in [1.82, 2.24) is 4.98 Å². The number of carbonyl (C=O) groups excluding carboxylic acids is 1.